The van der Waals surface area contributed by atoms with Crippen molar-refractivity contribution in [2.24, 2.45) is 5.92 Å². The molecule has 3 aliphatic rings. The lowest BCUT2D eigenvalue weighted by Crippen LogP contribution is -2.47. The van der Waals surface area contributed by atoms with Gasteiger partial charge < -0.3 is 19.7 Å². The second-order valence-electron chi connectivity index (χ2n) is 8.43. The molecule has 2 aliphatic heterocycles. The van der Waals surface area contributed by atoms with Gasteiger partial charge >= 0.3 is 6.03 Å². The summed E-state index contributed by atoms with van der Waals surface area (Å²) in [5.41, 5.74) is -0.665. The minimum absolute atomic E-state index is 0.128. The predicted molar refractivity (Wildman–Crippen MR) is 104 cm³/mol. The van der Waals surface area contributed by atoms with Gasteiger partial charge in [0.05, 0.1) is 0 Å². The molecule has 1 aromatic rings. The Kier molecular flexibility index (Phi) is 4.88. The molecule has 156 valence electrons. The van der Waals surface area contributed by atoms with E-state index in [0.717, 1.165) is 30.6 Å². The number of hydrogen-bond acceptors (Lipinski definition) is 5. The first-order chi connectivity index (χ1) is 13.8. The van der Waals surface area contributed by atoms with E-state index in [9.17, 15) is 14.4 Å². The van der Waals surface area contributed by atoms with Gasteiger partial charge in [0.25, 0.3) is 5.91 Å². The summed E-state index contributed by atoms with van der Waals surface area (Å²) in [4.78, 5) is 41.2. The fourth-order valence-corrected chi connectivity index (χ4v) is 4.32. The highest BCUT2D eigenvalue weighted by Crippen LogP contribution is 2.38. The molecule has 1 atom stereocenters. The van der Waals surface area contributed by atoms with E-state index in [1.54, 1.807) is 37.1 Å². The van der Waals surface area contributed by atoms with Crippen molar-refractivity contribution >= 4 is 17.8 Å². The zero-order valence-corrected chi connectivity index (χ0v) is 17.1. The van der Waals surface area contributed by atoms with Crippen molar-refractivity contribution in [2.45, 2.75) is 51.1 Å². The third-order valence-corrected chi connectivity index (χ3v) is 6.44. The van der Waals surface area contributed by atoms with E-state index in [0.29, 0.717) is 23.0 Å². The molecule has 2 heterocycles. The van der Waals surface area contributed by atoms with Gasteiger partial charge in [0.1, 0.15) is 12.1 Å². The molecule has 1 saturated heterocycles. The molecule has 4 rings (SSSR count). The molecule has 1 saturated carbocycles. The van der Waals surface area contributed by atoms with Crippen molar-refractivity contribution in [1.29, 1.82) is 0 Å². The van der Waals surface area contributed by atoms with Crippen molar-refractivity contribution in [3.8, 4) is 11.5 Å². The van der Waals surface area contributed by atoms with Crippen LogP contribution in [-0.2, 0) is 15.1 Å². The summed E-state index contributed by atoms with van der Waals surface area (Å²) in [6, 6.07) is 4.75. The average molecular weight is 401 g/mol. The van der Waals surface area contributed by atoms with Crippen molar-refractivity contribution in [3.05, 3.63) is 23.8 Å². The molecule has 1 N–H and O–H groups in total. The highest BCUT2D eigenvalue weighted by atomic mass is 16.7. The van der Waals surface area contributed by atoms with Crippen LogP contribution in [0.3, 0.4) is 0 Å². The van der Waals surface area contributed by atoms with E-state index in [4.69, 9.17) is 9.47 Å². The van der Waals surface area contributed by atoms with Gasteiger partial charge in [-0.1, -0.05) is 13.0 Å². The Morgan fingerprint density at radius 3 is 2.62 bits per heavy atom. The SMILES string of the molecule is CC1CCC(N(C)C(=O)CN2C(=O)N[C@@](C)(c3ccc4c(c3)OCO4)C2=O)CC1. The maximum absolute atomic E-state index is 13.1. The lowest BCUT2D eigenvalue weighted by Gasteiger charge is -2.34. The number of fused-ring (bicyclic) bond motifs is 1. The molecule has 0 radical (unpaired) electrons. The van der Waals surface area contributed by atoms with E-state index in [1.165, 1.54) is 0 Å². The van der Waals surface area contributed by atoms with Crippen LogP contribution in [0.2, 0.25) is 0 Å². The molecule has 8 heteroatoms. The first-order valence-electron chi connectivity index (χ1n) is 10.1. The summed E-state index contributed by atoms with van der Waals surface area (Å²) in [7, 11) is 1.76. The van der Waals surface area contributed by atoms with Crippen molar-refractivity contribution in [3.63, 3.8) is 0 Å². The Balaban J connectivity index is 1.47. The second kappa shape index (κ2) is 7.24. The van der Waals surface area contributed by atoms with Crippen molar-refractivity contribution in [2.75, 3.05) is 20.4 Å². The number of amides is 4. The number of carbonyl (C=O) groups excluding carboxylic acids is 3. The van der Waals surface area contributed by atoms with Crippen LogP contribution >= 0.6 is 0 Å². The number of ether oxygens (including phenoxy) is 2. The van der Waals surface area contributed by atoms with E-state index >= 15 is 0 Å². The lowest BCUT2D eigenvalue weighted by molar-refractivity contribution is -0.139. The first-order valence-corrected chi connectivity index (χ1v) is 10.1. The number of hydrogen-bond donors (Lipinski definition) is 1. The molecular weight excluding hydrogens is 374 g/mol. The van der Waals surface area contributed by atoms with Gasteiger partial charge in [-0.25, -0.2) is 4.79 Å². The fourth-order valence-electron chi connectivity index (χ4n) is 4.32. The van der Waals surface area contributed by atoms with Gasteiger partial charge in [-0.15, -0.1) is 0 Å². The Morgan fingerprint density at radius 2 is 1.90 bits per heavy atom. The van der Waals surface area contributed by atoms with Gasteiger partial charge in [-0.05, 0) is 56.2 Å². The smallest absolute Gasteiger partial charge is 0.325 e. The number of likely N-dealkylation sites (N-methyl/N-ethyl adjacent to an activating group) is 1. The molecule has 0 spiro atoms. The topological polar surface area (TPSA) is 88.2 Å². The van der Waals surface area contributed by atoms with Crippen LogP contribution < -0.4 is 14.8 Å². The minimum Gasteiger partial charge on any atom is -0.454 e. The second-order valence-corrected chi connectivity index (χ2v) is 8.43. The van der Waals surface area contributed by atoms with Crippen LogP contribution in [-0.4, -0.2) is 54.1 Å². The molecule has 0 aromatic heterocycles. The molecule has 2 fully saturated rings. The number of imide groups is 1. The normalized spacial score (nSPS) is 28.4. The van der Waals surface area contributed by atoms with Gasteiger partial charge in [-0.3, -0.25) is 14.5 Å². The van der Waals surface area contributed by atoms with Crippen LogP contribution in [0.25, 0.3) is 0 Å². The van der Waals surface area contributed by atoms with E-state index in [2.05, 4.69) is 12.2 Å². The van der Waals surface area contributed by atoms with Gasteiger partial charge in [0.2, 0.25) is 12.7 Å². The highest BCUT2D eigenvalue weighted by Gasteiger charge is 2.50. The number of urea groups is 1. The Labute approximate surface area is 170 Å². The van der Waals surface area contributed by atoms with E-state index < -0.39 is 17.5 Å². The largest absolute Gasteiger partial charge is 0.454 e. The first kappa shape index (κ1) is 19.5. The summed E-state index contributed by atoms with van der Waals surface area (Å²) in [5, 5.41) is 2.74. The Morgan fingerprint density at radius 1 is 1.21 bits per heavy atom. The predicted octanol–water partition coefficient (Wildman–Crippen LogP) is 2.22. The van der Waals surface area contributed by atoms with Crippen LogP contribution in [0, 0.1) is 5.92 Å². The monoisotopic (exact) mass is 401 g/mol. The number of nitrogens with zero attached hydrogens (tertiary/aromatic N) is 2. The Hall–Kier alpha value is -2.77. The average Bonchev–Trinajstić information content (AvgIpc) is 3.26. The molecule has 8 nitrogen and oxygen atoms in total. The zero-order chi connectivity index (χ0) is 20.8. The standard InChI is InChI=1S/C21H27N3O5/c1-13-4-7-15(8-5-13)23(3)18(25)11-24-19(26)21(2,22-20(24)27)14-6-9-16-17(10-14)29-12-28-16/h6,9-10,13,15H,4-5,7-8,11-12H2,1-3H3,(H,22,27)/t13?,15?,21-/m0/s1. The number of benzene rings is 1. The quantitative estimate of drug-likeness (QED) is 0.782. The summed E-state index contributed by atoms with van der Waals surface area (Å²) < 4.78 is 10.7. The summed E-state index contributed by atoms with van der Waals surface area (Å²) >= 11 is 0. The highest BCUT2D eigenvalue weighted by molar-refractivity contribution is 6.09. The zero-order valence-electron chi connectivity index (χ0n) is 17.1. The third kappa shape index (κ3) is 3.41. The molecule has 1 aromatic carbocycles. The number of nitrogens with one attached hydrogen (secondary N) is 1. The molecule has 29 heavy (non-hydrogen) atoms. The molecule has 0 bridgehead atoms. The molecule has 0 unspecified atom stereocenters. The van der Waals surface area contributed by atoms with Crippen LogP contribution in [0.1, 0.15) is 45.1 Å². The Bertz CT molecular complexity index is 849. The van der Waals surface area contributed by atoms with Crippen molar-refractivity contribution in [1.82, 2.24) is 15.1 Å². The minimum atomic E-state index is -1.25. The summed E-state index contributed by atoms with van der Waals surface area (Å²) in [5.74, 6) is 1.16. The van der Waals surface area contributed by atoms with E-state index in [1.807, 2.05) is 0 Å². The number of rotatable bonds is 4. The van der Waals surface area contributed by atoms with Gasteiger partial charge in [0.15, 0.2) is 11.5 Å². The summed E-state index contributed by atoms with van der Waals surface area (Å²) in [6.45, 7) is 3.74. The van der Waals surface area contributed by atoms with Crippen LogP contribution in [0.4, 0.5) is 4.79 Å². The van der Waals surface area contributed by atoms with E-state index in [-0.39, 0.29) is 25.3 Å². The molecular formula is C21H27N3O5. The molecule has 4 amide bonds. The maximum atomic E-state index is 13.1. The third-order valence-electron chi connectivity index (χ3n) is 6.44. The summed E-state index contributed by atoms with van der Waals surface area (Å²) in [6.07, 6.45) is 4.10. The number of carbonyl (C=O) groups is 3. The lowest BCUT2D eigenvalue weighted by atomic mass is 9.87. The van der Waals surface area contributed by atoms with Crippen LogP contribution in [0.15, 0.2) is 18.2 Å². The molecule has 1 aliphatic carbocycles. The van der Waals surface area contributed by atoms with Gasteiger partial charge in [0, 0.05) is 13.1 Å². The van der Waals surface area contributed by atoms with Crippen LogP contribution in [0.5, 0.6) is 11.5 Å². The maximum Gasteiger partial charge on any atom is 0.325 e. The van der Waals surface area contributed by atoms with Crippen molar-refractivity contribution < 1.29 is 23.9 Å². The van der Waals surface area contributed by atoms with Gasteiger partial charge in [-0.2, -0.15) is 0 Å². The fraction of sp³-hybridized carbons (Fsp3) is 0.571.